The van der Waals surface area contributed by atoms with Gasteiger partial charge < -0.3 is 14.8 Å². The van der Waals surface area contributed by atoms with E-state index in [4.69, 9.17) is 21.1 Å². The van der Waals surface area contributed by atoms with Crippen LogP contribution in [0.5, 0.6) is 11.5 Å². The minimum absolute atomic E-state index is 0.147. The second-order valence-corrected chi connectivity index (χ2v) is 7.05. The number of benzene rings is 1. The normalized spacial score (nSPS) is 15.3. The first-order chi connectivity index (χ1) is 12.5. The van der Waals surface area contributed by atoms with Gasteiger partial charge in [0, 0.05) is 24.1 Å². The van der Waals surface area contributed by atoms with Crippen LogP contribution in [-0.4, -0.2) is 34.8 Å². The second kappa shape index (κ2) is 8.14. The van der Waals surface area contributed by atoms with Crippen LogP contribution in [-0.2, 0) is 13.0 Å². The summed E-state index contributed by atoms with van der Waals surface area (Å²) >= 11 is 7.41. The van der Waals surface area contributed by atoms with Crippen LogP contribution in [0.15, 0.2) is 23.5 Å². The van der Waals surface area contributed by atoms with Crippen molar-refractivity contribution in [3.8, 4) is 11.5 Å². The predicted octanol–water partition coefficient (Wildman–Crippen LogP) is 3.50. The third kappa shape index (κ3) is 4.04. The molecule has 2 aromatic rings. The Morgan fingerprint density at radius 3 is 3.04 bits per heavy atom. The topological polar surface area (TPSA) is 73.3 Å². The number of halogens is 1. The van der Waals surface area contributed by atoms with E-state index in [1.54, 1.807) is 0 Å². The van der Waals surface area contributed by atoms with E-state index in [1.165, 1.54) is 18.0 Å². The highest BCUT2D eigenvalue weighted by Gasteiger charge is 2.22. The van der Waals surface area contributed by atoms with Gasteiger partial charge in [-0.05, 0) is 32.2 Å². The van der Waals surface area contributed by atoms with Crippen molar-refractivity contribution in [1.29, 1.82) is 0 Å². The lowest BCUT2D eigenvalue weighted by Crippen LogP contribution is -2.25. The van der Waals surface area contributed by atoms with Crippen LogP contribution >= 0.6 is 23.4 Å². The number of aromatic nitrogens is 2. The molecular formula is C18H20ClN3O3S. The van der Waals surface area contributed by atoms with E-state index in [-0.39, 0.29) is 29.3 Å². The van der Waals surface area contributed by atoms with Crippen molar-refractivity contribution in [2.75, 3.05) is 12.9 Å². The van der Waals surface area contributed by atoms with E-state index in [0.717, 1.165) is 29.0 Å². The Morgan fingerprint density at radius 1 is 1.50 bits per heavy atom. The largest absolute Gasteiger partial charge is 0.494 e. The van der Waals surface area contributed by atoms with Crippen LogP contribution in [0.4, 0.5) is 0 Å². The smallest absolute Gasteiger partial charge is 0.271 e. The zero-order valence-corrected chi connectivity index (χ0v) is 16.4. The molecule has 26 heavy (non-hydrogen) atoms. The summed E-state index contributed by atoms with van der Waals surface area (Å²) in [5, 5.41) is 3.56. The van der Waals surface area contributed by atoms with Crippen molar-refractivity contribution < 1.29 is 14.3 Å². The fraction of sp³-hybridized carbons (Fsp3) is 0.389. The van der Waals surface area contributed by atoms with Gasteiger partial charge in [0.15, 0.2) is 10.9 Å². The van der Waals surface area contributed by atoms with Gasteiger partial charge in [-0.15, -0.1) is 0 Å². The molecule has 0 radical (unpaired) electrons. The van der Waals surface area contributed by atoms with Gasteiger partial charge in [0.2, 0.25) is 0 Å². The molecule has 0 aliphatic carbocycles. The van der Waals surface area contributed by atoms with Gasteiger partial charge in [-0.3, -0.25) is 4.79 Å². The third-order valence-electron chi connectivity index (χ3n) is 3.94. The first-order valence-corrected chi connectivity index (χ1v) is 9.92. The molecule has 0 saturated carbocycles. The van der Waals surface area contributed by atoms with Gasteiger partial charge in [-0.25, -0.2) is 9.97 Å². The number of hydrogen-bond donors (Lipinski definition) is 1. The van der Waals surface area contributed by atoms with Gasteiger partial charge in [-0.1, -0.05) is 23.4 Å². The highest BCUT2D eigenvalue weighted by atomic mass is 35.5. The number of thioether (sulfide) groups is 1. The maximum atomic E-state index is 12.5. The van der Waals surface area contributed by atoms with Crippen LogP contribution in [0.25, 0.3) is 0 Å². The molecule has 0 spiro atoms. The Balaban J connectivity index is 1.79. The van der Waals surface area contributed by atoms with Crippen LogP contribution in [0.1, 0.15) is 35.5 Å². The molecule has 0 fully saturated rings. The summed E-state index contributed by atoms with van der Waals surface area (Å²) in [5.41, 5.74) is 2.14. The van der Waals surface area contributed by atoms with E-state index in [9.17, 15) is 4.79 Å². The molecule has 1 aromatic carbocycles. The molecule has 1 atom stereocenters. The maximum Gasteiger partial charge on any atom is 0.271 e. The number of ether oxygens (including phenoxy) is 2. The van der Waals surface area contributed by atoms with Crippen LogP contribution in [0.2, 0.25) is 5.02 Å². The molecule has 1 aliphatic heterocycles. The Hall–Kier alpha value is -1.99. The Kier molecular flexibility index (Phi) is 5.88. The Bertz CT molecular complexity index is 832. The zero-order valence-electron chi connectivity index (χ0n) is 14.8. The van der Waals surface area contributed by atoms with Gasteiger partial charge in [0.25, 0.3) is 5.91 Å². The minimum Gasteiger partial charge on any atom is -0.494 e. The molecule has 3 rings (SSSR count). The summed E-state index contributed by atoms with van der Waals surface area (Å²) in [7, 11) is 0. The predicted molar refractivity (Wildman–Crippen MR) is 101 cm³/mol. The first-order valence-electron chi connectivity index (χ1n) is 8.31. The number of nitrogens with zero attached hydrogens (tertiary/aromatic N) is 2. The average Bonchev–Trinajstić information content (AvgIpc) is 2.99. The molecule has 6 nitrogen and oxygen atoms in total. The molecule has 0 bridgehead atoms. The van der Waals surface area contributed by atoms with Gasteiger partial charge >= 0.3 is 0 Å². The van der Waals surface area contributed by atoms with Crippen molar-refractivity contribution in [3.05, 3.63) is 40.2 Å². The number of carbonyl (C=O) groups is 1. The molecule has 0 saturated heterocycles. The summed E-state index contributed by atoms with van der Waals surface area (Å²) in [4.78, 5) is 20.7. The SMILES string of the molecule is CCOc1cc2c(cc1CNC(=O)c1nc(SC)ncc1Cl)OC(C)C2. The summed E-state index contributed by atoms with van der Waals surface area (Å²) in [6.07, 6.45) is 4.28. The molecular weight excluding hydrogens is 374 g/mol. The van der Waals surface area contributed by atoms with E-state index < -0.39 is 0 Å². The molecule has 138 valence electrons. The maximum absolute atomic E-state index is 12.5. The van der Waals surface area contributed by atoms with Gasteiger partial charge in [0.1, 0.15) is 17.6 Å². The highest BCUT2D eigenvalue weighted by Crippen LogP contribution is 2.35. The monoisotopic (exact) mass is 393 g/mol. The van der Waals surface area contributed by atoms with Crippen molar-refractivity contribution in [3.63, 3.8) is 0 Å². The van der Waals surface area contributed by atoms with Crippen molar-refractivity contribution in [2.24, 2.45) is 0 Å². The van der Waals surface area contributed by atoms with Crippen LogP contribution in [0.3, 0.4) is 0 Å². The number of nitrogens with one attached hydrogen (secondary N) is 1. The lowest BCUT2D eigenvalue weighted by Gasteiger charge is -2.13. The highest BCUT2D eigenvalue weighted by molar-refractivity contribution is 7.98. The standard InChI is InChI=1S/C18H20ClN3O3S/c1-4-24-14-6-11-5-10(2)25-15(11)7-12(14)8-20-17(23)16-13(19)9-21-18(22-16)26-3/h6-7,9-10H,4-5,8H2,1-3H3,(H,20,23). The first kappa shape index (κ1) is 18.8. The molecule has 1 aromatic heterocycles. The lowest BCUT2D eigenvalue weighted by molar-refractivity contribution is 0.0944. The number of fused-ring (bicyclic) bond motifs is 1. The summed E-state index contributed by atoms with van der Waals surface area (Å²) in [5.74, 6) is 1.24. The average molecular weight is 394 g/mol. The molecule has 1 amide bonds. The number of amides is 1. The summed E-state index contributed by atoms with van der Waals surface area (Å²) in [6.45, 7) is 4.79. The fourth-order valence-corrected chi connectivity index (χ4v) is 3.29. The fourth-order valence-electron chi connectivity index (χ4n) is 2.78. The number of hydrogen-bond acceptors (Lipinski definition) is 6. The van der Waals surface area contributed by atoms with E-state index in [1.807, 2.05) is 32.2 Å². The molecule has 1 unspecified atom stereocenters. The molecule has 2 heterocycles. The summed E-state index contributed by atoms with van der Waals surface area (Å²) < 4.78 is 11.5. The number of carbonyl (C=O) groups excluding carboxylic acids is 1. The zero-order chi connectivity index (χ0) is 18.7. The van der Waals surface area contributed by atoms with Gasteiger partial charge in [-0.2, -0.15) is 0 Å². The van der Waals surface area contributed by atoms with Crippen molar-refractivity contribution in [2.45, 2.75) is 38.1 Å². The minimum atomic E-state index is -0.357. The van der Waals surface area contributed by atoms with Crippen molar-refractivity contribution in [1.82, 2.24) is 15.3 Å². The van der Waals surface area contributed by atoms with Crippen LogP contribution < -0.4 is 14.8 Å². The lowest BCUT2D eigenvalue weighted by atomic mass is 10.1. The second-order valence-electron chi connectivity index (χ2n) is 5.87. The van der Waals surface area contributed by atoms with E-state index in [0.29, 0.717) is 11.8 Å². The van der Waals surface area contributed by atoms with Gasteiger partial charge in [0.05, 0.1) is 17.8 Å². The Labute approximate surface area is 161 Å². The third-order valence-corrected chi connectivity index (χ3v) is 4.78. The molecule has 1 N–H and O–H groups in total. The number of rotatable bonds is 6. The summed E-state index contributed by atoms with van der Waals surface area (Å²) in [6, 6.07) is 3.92. The Morgan fingerprint density at radius 2 is 2.31 bits per heavy atom. The molecule has 1 aliphatic rings. The van der Waals surface area contributed by atoms with E-state index >= 15 is 0 Å². The van der Waals surface area contributed by atoms with Crippen LogP contribution in [0, 0.1) is 0 Å². The molecule has 8 heteroatoms. The van der Waals surface area contributed by atoms with Crippen molar-refractivity contribution >= 4 is 29.3 Å². The quantitative estimate of drug-likeness (QED) is 0.598. The van der Waals surface area contributed by atoms with E-state index in [2.05, 4.69) is 15.3 Å².